The molecule has 6 heteroatoms. The molecule has 31 heavy (non-hydrogen) atoms. The molecule has 0 radical (unpaired) electrons. The van der Waals surface area contributed by atoms with Crippen LogP contribution in [0.2, 0.25) is 0 Å². The smallest absolute Gasteiger partial charge is 0.276 e. The van der Waals surface area contributed by atoms with E-state index in [1.807, 2.05) is 66.7 Å². The Morgan fingerprint density at radius 2 is 1.45 bits per heavy atom. The number of anilines is 1. The molecule has 0 aliphatic rings. The zero-order valence-electron chi connectivity index (χ0n) is 17.8. The van der Waals surface area contributed by atoms with E-state index >= 15 is 0 Å². The van der Waals surface area contributed by atoms with E-state index in [0.717, 1.165) is 29.9 Å². The third-order valence-electron chi connectivity index (χ3n) is 4.90. The Kier molecular flexibility index (Phi) is 7.65. The molecule has 0 aliphatic carbocycles. The summed E-state index contributed by atoms with van der Waals surface area (Å²) in [6.07, 6.45) is 0. The van der Waals surface area contributed by atoms with Gasteiger partial charge >= 0.3 is 0 Å². The number of rotatable bonds is 8. The first-order valence-electron chi connectivity index (χ1n) is 10.3. The molecule has 2 N–H and O–H groups in total. The fourth-order valence-electron chi connectivity index (χ4n) is 3.24. The number of nitrogens with one attached hydrogen (secondary N) is 2. The molecule has 0 saturated carbocycles. The maximum absolute atomic E-state index is 12.3. The lowest BCUT2D eigenvalue weighted by molar-refractivity contribution is -0.123. The molecule has 3 aromatic rings. The number of ether oxygens (including phenoxy) is 1. The number of hydrogen-bond acceptors (Lipinski definition) is 4. The largest absolute Gasteiger partial charge is 0.483 e. The number of carbonyl (C=O) groups is 2. The van der Waals surface area contributed by atoms with E-state index in [1.165, 1.54) is 0 Å². The summed E-state index contributed by atoms with van der Waals surface area (Å²) in [6.45, 7) is 5.74. The summed E-state index contributed by atoms with van der Waals surface area (Å²) in [6, 6.07) is 24.6. The van der Waals surface area contributed by atoms with Crippen LogP contribution in [-0.2, 0) is 4.79 Å². The van der Waals surface area contributed by atoms with Crippen molar-refractivity contribution in [3.63, 3.8) is 0 Å². The van der Waals surface area contributed by atoms with Gasteiger partial charge in [0.1, 0.15) is 5.75 Å². The summed E-state index contributed by atoms with van der Waals surface area (Å²) in [5, 5.41) is 0. The molecular formula is C25H27N3O3. The van der Waals surface area contributed by atoms with Crippen LogP contribution in [0.3, 0.4) is 0 Å². The zero-order chi connectivity index (χ0) is 22.1. The van der Waals surface area contributed by atoms with Gasteiger partial charge in [0.2, 0.25) is 0 Å². The third-order valence-corrected chi connectivity index (χ3v) is 4.90. The quantitative estimate of drug-likeness (QED) is 0.543. The van der Waals surface area contributed by atoms with Crippen LogP contribution in [0.4, 0.5) is 5.69 Å². The van der Waals surface area contributed by atoms with Crippen LogP contribution >= 0.6 is 0 Å². The minimum Gasteiger partial charge on any atom is -0.483 e. The standard InChI is InChI=1S/C25H27N3O3/c1-3-28(4-2)21-16-14-20(15-17-21)25(30)27-26-24(29)18-31-23-13-9-8-12-22(23)19-10-6-5-7-11-19/h5-17H,3-4,18H2,1-2H3,(H,26,29)(H,27,30). The number of amides is 2. The van der Waals surface area contributed by atoms with Crippen LogP contribution in [-0.4, -0.2) is 31.5 Å². The van der Waals surface area contributed by atoms with Crippen molar-refractivity contribution in [3.8, 4) is 16.9 Å². The second kappa shape index (κ2) is 10.8. The molecule has 0 aliphatic heterocycles. The number of para-hydroxylation sites is 1. The Bertz CT molecular complexity index is 1000. The highest BCUT2D eigenvalue weighted by Crippen LogP contribution is 2.29. The minimum absolute atomic E-state index is 0.217. The number of benzene rings is 3. The lowest BCUT2D eigenvalue weighted by Gasteiger charge is -2.21. The van der Waals surface area contributed by atoms with Crippen molar-refractivity contribution in [1.82, 2.24) is 10.9 Å². The molecule has 160 valence electrons. The summed E-state index contributed by atoms with van der Waals surface area (Å²) in [5.74, 6) is -0.234. The second-order valence-electron chi connectivity index (χ2n) is 6.87. The van der Waals surface area contributed by atoms with Gasteiger partial charge in [-0.1, -0.05) is 48.5 Å². The maximum Gasteiger partial charge on any atom is 0.276 e. The van der Waals surface area contributed by atoms with Gasteiger partial charge in [-0.25, -0.2) is 0 Å². The fourth-order valence-corrected chi connectivity index (χ4v) is 3.24. The predicted molar refractivity (Wildman–Crippen MR) is 123 cm³/mol. The Labute approximate surface area is 182 Å². The number of hydrogen-bond donors (Lipinski definition) is 2. The summed E-state index contributed by atoms with van der Waals surface area (Å²) >= 11 is 0. The van der Waals surface area contributed by atoms with Crippen molar-refractivity contribution < 1.29 is 14.3 Å². The van der Waals surface area contributed by atoms with Crippen LogP contribution in [0.5, 0.6) is 5.75 Å². The molecule has 6 nitrogen and oxygen atoms in total. The van der Waals surface area contributed by atoms with Gasteiger partial charge in [-0.15, -0.1) is 0 Å². The van der Waals surface area contributed by atoms with Crippen molar-refractivity contribution in [3.05, 3.63) is 84.4 Å². The Hall–Kier alpha value is -3.80. The van der Waals surface area contributed by atoms with Gasteiger partial charge in [-0.3, -0.25) is 20.4 Å². The van der Waals surface area contributed by atoms with Gasteiger partial charge < -0.3 is 9.64 Å². The molecule has 3 rings (SSSR count). The van der Waals surface area contributed by atoms with E-state index in [1.54, 1.807) is 12.1 Å². The number of carbonyl (C=O) groups excluding carboxylic acids is 2. The summed E-state index contributed by atoms with van der Waals surface area (Å²) in [5.41, 5.74) is 8.23. The van der Waals surface area contributed by atoms with E-state index < -0.39 is 5.91 Å². The van der Waals surface area contributed by atoms with Crippen LogP contribution in [0.15, 0.2) is 78.9 Å². The molecular weight excluding hydrogens is 390 g/mol. The first kappa shape index (κ1) is 21.9. The monoisotopic (exact) mass is 417 g/mol. The lowest BCUT2D eigenvalue weighted by Crippen LogP contribution is -2.43. The molecule has 0 unspecified atom stereocenters. The molecule has 0 bridgehead atoms. The van der Waals surface area contributed by atoms with Crippen LogP contribution in [0, 0.1) is 0 Å². The molecule has 0 fully saturated rings. The average molecular weight is 418 g/mol. The molecule has 0 atom stereocenters. The molecule has 0 saturated heterocycles. The van der Waals surface area contributed by atoms with Crippen molar-refractivity contribution >= 4 is 17.5 Å². The Morgan fingerprint density at radius 3 is 2.13 bits per heavy atom. The van der Waals surface area contributed by atoms with Gasteiger partial charge in [0, 0.05) is 29.9 Å². The fraction of sp³-hybridized carbons (Fsp3) is 0.200. The Morgan fingerprint density at radius 1 is 0.806 bits per heavy atom. The van der Waals surface area contributed by atoms with Gasteiger partial charge in [0.05, 0.1) is 0 Å². The first-order valence-corrected chi connectivity index (χ1v) is 10.3. The predicted octanol–water partition coefficient (Wildman–Crippen LogP) is 4.04. The maximum atomic E-state index is 12.3. The number of nitrogens with zero attached hydrogens (tertiary/aromatic N) is 1. The highest BCUT2D eigenvalue weighted by molar-refractivity contribution is 5.95. The van der Waals surface area contributed by atoms with E-state index in [-0.39, 0.29) is 12.5 Å². The molecule has 0 heterocycles. The average Bonchev–Trinajstić information content (AvgIpc) is 2.83. The highest BCUT2D eigenvalue weighted by atomic mass is 16.5. The van der Waals surface area contributed by atoms with Crippen molar-refractivity contribution in [1.29, 1.82) is 0 Å². The van der Waals surface area contributed by atoms with Crippen LogP contribution in [0.1, 0.15) is 24.2 Å². The van der Waals surface area contributed by atoms with E-state index in [2.05, 4.69) is 29.6 Å². The SMILES string of the molecule is CCN(CC)c1ccc(C(=O)NNC(=O)COc2ccccc2-c2ccccc2)cc1. The van der Waals surface area contributed by atoms with E-state index in [4.69, 9.17) is 4.74 Å². The summed E-state index contributed by atoms with van der Waals surface area (Å²) in [7, 11) is 0. The molecule has 0 aromatic heterocycles. The Balaban J connectivity index is 1.53. The van der Waals surface area contributed by atoms with Crippen molar-refractivity contribution in [2.24, 2.45) is 0 Å². The van der Waals surface area contributed by atoms with E-state index in [9.17, 15) is 9.59 Å². The minimum atomic E-state index is -0.448. The van der Waals surface area contributed by atoms with Gasteiger partial charge in [-0.05, 0) is 49.7 Å². The van der Waals surface area contributed by atoms with Crippen molar-refractivity contribution in [2.75, 3.05) is 24.6 Å². The zero-order valence-corrected chi connectivity index (χ0v) is 17.8. The van der Waals surface area contributed by atoms with Gasteiger partial charge in [-0.2, -0.15) is 0 Å². The van der Waals surface area contributed by atoms with Crippen LogP contribution < -0.4 is 20.5 Å². The van der Waals surface area contributed by atoms with Crippen molar-refractivity contribution in [2.45, 2.75) is 13.8 Å². The lowest BCUT2D eigenvalue weighted by atomic mass is 10.1. The molecule has 3 aromatic carbocycles. The first-order chi connectivity index (χ1) is 15.1. The van der Waals surface area contributed by atoms with Crippen LogP contribution in [0.25, 0.3) is 11.1 Å². The highest BCUT2D eigenvalue weighted by Gasteiger charge is 2.11. The topological polar surface area (TPSA) is 70.7 Å². The second-order valence-corrected chi connectivity index (χ2v) is 6.87. The summed E-state index contributed by atoms with van der Waals surface area (Å²) < 4.78 is 5.69. The van der Waals surface area contributed by atoms with Gasteiger partial charge in [0.15, 0.2) is 6.61 Å². The van der Waals surface area contributed by atoms with E-state index in [0.29, 0.717) is 11.3 Å². The summed E-state index contributed by atoms with van der Waals surface area (Å²) in [4.78, 5) is 26.7. The molecule has 0 spiro atoms. The number of hydrazine groups is 1. The molecule has 2 amide bonds. The van der Waals surface area contributed by atoms with Gasteiger partial charge in [0.25, 0.3) is 11.8 Å². The third kappa shape index (κ3) is 5.85. The normalized spacial score (nSPS) is 10.3.